The van der Waals surface area contributed by atoms with Crippen molar-refractivity contribution in [3.8, 4) is 5.75 Å². The molecule has 3 rings (SSSR count). The Bertz CT molecular complexity index is 845. The average molecular weight is 551 g/mol. The average Bonchev–Trinajstić information content (AvgIpc) is 3.22. The number of carbonyl (C=O) groups excluding carboxylic acids is 1. The highest BCUT2D eigenvalue weighted by atomic mass is 127. The zero-order valence-corrected chi connectivity index (χ0v) is 20.9. The first kappa shape index (κ1) is 25.9. The highest BCUT2D eigenvalue weighted by molar-refractivity contribution is 14.0. The van der Waals surface area contributed by atoms with Crippen molar-refractivity contribution in [2.45, 2.75) is 32.4 Å². The van der Waals surface area contributed by atoms with Crippen molar-refractivity contribution in [1.82, 2.24) is 20.9 Å². The Balaban J connectivity index is 0.00000363. The number of amides is 1. The molecule has 1 heterocycles. The number of hydrogen-bond donors (Lipinski definition) is 4. The second-order valence-corrected chi connectivity index (χ2v) is 7.70. The minimum atomic E-state index is -0.161. The fourth-order valence-electron chi connectivity index (χ4n) is 3.74. The lowest BCUT2D eigenvalue weighted by molar-refractivity contribution is 0.0954. The van der Waals surface area contributed by atoms with Crippen molar-refractivity contribution in [2.24, 2.45) is 4.99 Å². The van der Waals surface area contributed by atoms with Gasteiger partial charge in [0.1, 0.15) is 5.75 Å². The van der Waals surface area contributed by atoms with Crippen LogP contribution in [0.4, 0.5) is 0 Å². The van der Waals surface area contributed by atoms with E-state index in [1.807, 2.05) is 6.92 Å². The van der Waals surface area contributed by atoms with Crippen molar-refractivity contribution in [3.05, 3.63) is 65.7 Å². The molecule has 1 aliphatic heterocycles. The van der Waals surface area contributed by atoms with Gasteiger partial charge in [-0.15, -0.1) is 24.0 Å². The van der Waals surface area contributed by atoms with Gasteiger partial charge in [-0.1, -0.05) is 30.3 Å². The summed E-state index contributed by atoms with van der Waals surface area (Å²) < 4.78 is 0. The van der Waals surface area contributed by atoms with E-state index in [-0.39, 0.29) is 35.6 Å². The quantitative estimate of drug-likeness (QED) is 0.167. The Morgan fingerprint density at radius 3 is 2.50 bits per heavy atom. The fourth-order valence-corrected chi connectivity index (χ4v) is 3.74. The third-order valence-electron chi connectivity index (χ3n) is 5.36. The van der Waals surface area contributed by atoms with Gasteiger partial charge in [-0.3, -0.25) is 14.7 Å². The van der Waals surface area contributed by atoms with Crippen LogP contribution in [-0.4, -0.2) is 60.6 Å². The van der Waals surface area contributed by atoms with Crippen LogP contribution in [0.1, 0.15) is 35.7 Å². The van der Waals surface area contributed by atoms with Crippen LogP contribution in [0.3, 0.4) is 0 Å². The number of nitrogens with one attached hydrogen (secondary N) is 3. The van der Waals surface area contributed by atoms with Gasteiger partial charge in [0.25, 0.3) is 5.91 Å². The number of guanidine groups is 1. The van der Waals surface area contributed by atoms with Gasteiger partial charge in [-0.25, -0.2) is 0 Å². The number of carbonyl (C=O) groups is 1. The third-order valence-corrected chi connectivity index (χ3v) is 5.36. The molecule has 8 heteroatoms. The highest BCUT2D eigenvalue weighted by Gasteiger charge is 2.24. The van der Waals surface area contributed by atoms with Gasteiger partial charge in [0.15, 0.2) is 5.96 Å². The molecule has 1 amide bonds. The Hall–Kier alpha value is -2.33. The van der Waals surface area contributed by atoms with Crippen molar-refractivity contribution in [3.63, 3.8) is 0 Å². The summed E-state index contributed by atoms with van der Waals surface area (Å²) in [5.74, 6) is 0.758. The third kappa shape index (κ3) is 8.31. The lowest BCUT2D eigenvalue weighted by Gasteiger charge is -2.23. The van der Waals surface area contributed by atoms with E-state index >= 15 is 0 Å². The number of phenols is 1. The number of nitrogens with zero attached hydrogens (tertiary/aromatic N) is 2. The lowest BCUT2D eigenvalue weighted by Crippen LogP contribution is -2.42. The van der Waals surface area contributed by atoms with Gasteiger partial charge >= 0.3 is 0 Å². The molecule has 1 unspecified atom stereocenters. The van der Waals surface area contributed by atoms with E-state index in [9.17, 15) is 9.90 Å². The largest absolute Gasteiger partial charge is 0.508 e. The molecule has 1 fully saturated rings. The number of phenolic OH excluding ortho intramolecular Hbond substituents is 1. The van der Waals surface area contributed by atoms with Gasteiger partial charge in [0, 0.05) is 37.8 Å². The summed E-state index contributed by atoms with van der Waals surface area (Å²) in [7, 11) is 0. The zero-order chi connectivity index (χ0) is 21.9. The minimum Gasteiger partial charge on any atom is -0.508 e. The molecule has 2 aromatic carbocycles. The minimum absolute atomic E-state index is 0. The van der Waals surface area contributed by atoms with Crippen molar-refractivity contribution in [2.75, 3.05) is 32.7 Å². The Morgan fingerprint density at radius 2 is 1.78 bits per heavy atom. The SMILES string of the molecule is CCNC(=NCC1CCCN1Cc1ccccc1)NCCNC(=O)c1ccc(O)cc1.I. The maximum atomic E-state index is 12.1. The van der Waals surface area contributed by atoms with E-state index in [2.05, 4.69) is 51.2 Å². The van der Waals surface area contributed by atoms with Crippen LogP contribution in [0, 0.1) is 0 Å². The van der Waals surface area contributed by atoms with Crippen LogP contribution >= 0.6 is 24.0 Å². The van der Waals surface area contributed by atoms with Gasteiger partial charge in [-0.2, -0.15) is 0 Å². The first-order valence-electron chi connectivity index (χ1n) is 11.0. The predicted octanol–water partition coefficient (Wildman–Crippen LogP) is 2.96. The maximum Gasteiger partial charge on any atom is 0.251 e. The number of benzene rings is 2. The molecule has 2 aromatic rings. The van der Waals surface area contributed by atoms with Crippen molar-refractivity contribution < 1.29 is 9.90 Å². The highest BCUT2D eigenvalue weighted by Crippen LogP contribution is 2.20. The number of hydrogen-bond acceptors (Lipinski definition) is 4. The second-order valence-electron chi connectivity index (χ2n) is 7.70. The van der Waals surface area contributed by atoms with E-state index in [1.54, 1.807) is 12.1 Å². The summed E-state index contributed by atoms with van der Waals surface area (Å²) in [6.45, 7) is 6.71. The summed E-state index contributed by atoms with van der Waals surface area (Å²) in [6.07, 6.45) is 2.37. The molecule has 32 heavy (non-hydrogen) atoms. The number of aromatic hydroxyl groups is 1. The molecule has 174 valence electrons. The van der Waals surface area contributed by atoms with Crippen LogP contribution in [-0.2, 0) is 6.54 Å². The van der Waals surface area contributed by atoms with E-state index in [0.29, 0.717) is 24.7 Å². The summed E-state index contributed by atoms with van der Waals surface area (Å²) in [5.41, 5.74) is 1.87. The summed E-state index contributed by atoms with van der Waals surface area (Å²) in [5, 5.41) is 18.8. The van der Waals surface area contributed by atoms with E-state index in [1.165, 1.54) is 30.5 Å². The van der Waals surface area contributed by atoms with Crippen LogP contribution in [0.25, 0.3) is 0 Å². The number of aliphatic imine (C=N–C) groups is 1. The second kappa shape index (κ2) is 13.9. The summed E-state index contributed by atoms with van der Waals surface area (Å²) in [6, 6.07) is 17.3. The lowest BCUT2D eigenvalue weighted by atomic mass is 10.2. The molecular weight excluding hydrogens is 517 g/mol. The standard InChI is InChI=1S/C24H33N5O2.HI/c1-2-25-24(27-15-14-26-23(31)20-10-12-22(30)13-11-20)28-17-21-9-6-16-29(21)18-19-7-4-3-5-8-19;/h3-5,7-8,10-13,21,30H,2,6,9,14-18H2,1H3,(H,26,31)(H2,25,27,28);1H. The first-order chi connectivity index (χ1) is 15.2. The van der Waals surface area contributed by atoms with Crippen LogP contribution in [0.15, 0.2) is 59.6 Å². The first-order valence-corrected chi connectivity index (χ1v) is 11.0. The van der Waals surface area contributed by atoms with Crippen LogP contribution in [0.2, 0.25) is 0 Å². The Morgan fingerprint density at radius 1 is 1.06 bits per heavy atom. The van der Waals surface area contributed by atoms with Crippen molar-refractivity contribution in [1.29, 1.82) is 0 Å². The molecule has 1 atom stereocenters. The number of rotatable bonds is 9. The number of halogens is 1. The molecule has 0 aromatic heterocycles. The maximum absolute atomic E-state index is 12.1. The van der Waals surface area contributed by atoms with E-state index < -0.39 is 0 Å². The Labute approximate surface area is 207 Å². The summed E-state index contributed by atoms with van der Waals surface area (Å²) in [4.78, 5) is 19.4. The molecular formula is C24H34IN5O2. The van der Waals surface area contributed by atoms with Gasteiger partial charge in [0.05, 0.1) is 6.54 Å². The molecule has 1 aliphatic rings. The van der Waals surface area contributed by atoms with Gasteiger partial charge in [-0.05, 0) is 56.1 Å². The molecule has 4 N–H and O–H groups in total. The topological polar surface area (TPSA) is 89.0 Å². The number of likely N-dealkylation sites (tertiary alicyclic amines) is 1. The monoisotopic (exact) mass is 551 g/mol. The molecule has 0 saturated carbocycles. The molecule has 0 bridgehead atoms. The van der Waals surface area contributed by atoms with Gasteiger partial charge in [0.2, 0.25) is 0 Å². The zero-order valence-electron chi connectivity index (χ0n) is 18.6. The molecule has 0 spiro atoms. The summed E-state index contributed by atoms with van der Waals surface area (Å²) >= 11 is 0. The predicted molar refractivity (Wildman–Crippen MR) is 140 cm³/mol. The molecule has 0 radical (unpaired) electrons. The molecule has 0 aliphatic carbocycles. The van der Waals surface area contributed by atoms with Gasteiger partial charge < -0.3 is 21.1 Å². The van der Waals surface area contributed by atoms with E-state index in [0.717, 1.165) is 32.1 Å². The smallest absolute Gasteiger partial charge is 0.251 e. The molecule has 1 saturated heterocycles. The van der Waals surface area contributed by atoms with Crippen LogP contribution in [0.5, 0.6) is 5.75 Å². The Kier molecular flexibility index (Phi) is 11.3. The van der Waals surface area contributed by atoms with Crippen LogP contribution < -0.4 is 16.0 Å². The fraction of sp³-hybridized carbons (Fsp3) is 0.417. The molecule has 7 nitrogen and oxygen atoms in total. The normalized spacial score (nSPS) is 16.3. The van der Waals surface area contributed by atoms with E-state index in [4.69, 9.17) is 4.99 Å². The van der Waals surface area contributed by atoms with Crippen molar-refractivity contribution >= 4 is 35.8 Å².